The molecule has 0 aliphatic carbocycles. The molecule has 2 heterocycles. The first-order valence-corrected chi connectivity index (χ1v) is 12.6. The highest BCUT2D eigenvalue weighted by atomic mass is 32.2. The summed E-state index contributed by atoms with van der Waals surface area (Å²) in [5.41, 5.74) is 4.26. The number of benzene rings is 3. The van der Waals surface area contributed by atoms with Gasteiger partial charge in [-0.1, -0.05) is 48.2 Å². The first kappa shape index (κ1) is 21.7. The third kappa shape index (κ3) is 3.93. The number of anilines is 1. The summed E-state index contributed by atoms with van der Waals surface area (Å²) in [7, 11) is -3.69. The minimum Gasteiger partial charge on any atom is -0.394 e. The lowest BCUT2D eigenvalue weighted by atomic mass is 9.83. The fraction of sp³-hybridized carbons (Fsp3) is 0.259. The molecule has 33 heavy (non-hydrogen) atoms. The maximum atomic E-state index is 13.7. The molecule has 3 atom stereocenters. The molecule has 5 nitrogen and oxygen atoms in total. The molecule has 3 aromatic carbocycles. The fourth-order valence-corrected chi connectivity index (χ4v) is 6.90. The summed E-state index contributed by atoms with van der Waals surface area (Å²) in [6, 6.07) is 22.2. The number of nitrogens with one attached hydrogen (secondary N) is 1. The highest BCUT2D eigenvalue weighted by Crippen LogP contribution is 2.48. The topological polar surface area (TPSA) is 69.6 Å². The van der Waals surface area contributed by atoms with E-state index in [9.17, 15) is 13.5 Å². The van der Waals surface area contributed by atoms with E-state index < -0.39 is 10.0 Å². The molecule has 0 spiro atoms. The van der Waals surface area contributed by atoms with Crippen molar-refractivity contribution < 1.29 is 13.5 Å². The van der Waals surface area contributed by atoms with Gasteiger partial charge >= 0.3 is 0 Å². The summed E-state index contributed by atoms with van der Waals surface area (Å²) in [6.07, 6.45) is 0.688. The van der Waals surface area contributed by atoms with Crippen molar-refractivity contribution in [2.24, 2.45) is 5.92 Å². The number of hydrogen-bond acceptors (Lipinski definition) is 4. The van der Waals surface area contributed by atoms with Gasteiger partial charge < -0.3 is 10.4 Å². The molecule has 2 aliphatic rings. The Bertz CT molecular complexity index is 1340. The second kappa shape index (κ2) is 8.68. The predicted molar refractivity (Wildman–Crippen MR) is 129 cm³/mol. The normalized spacial score (nSPS) is 21.9. The highest BCUT2D eigenvalue weighted by Gasteiger charge is 2.48. The zero-order valence-electron chi connectivity index (χ0n) is 18.4. The van der Waals surface area contributed by atoms with Gasteiger partial charge in [0, 0.05) is 29.3 Å². The molecule has 2 aliphatic heterocycles. The van der Waals surface area contributed by atoms with Crippen LogP contribution in [0, 0.1) is 24.7 Å². The predicted octanol–water partition coefficient (Wildman–Crippen LogP) is 3.93. The Morgan fingerprint density at radius 1 is 1.00 bits per heavy atom. The number of aryl methyl sites for hydroxylation is 1. The van der Waals surface area contributed by atoms with Gasteiger partial charge in [0.1, 0.15) is 0 Å². The van der Waals surface area contributed by atoms with E-state index in [0.29, 0.717) is 17.9 Å². The molecule has 0 amide bonds. The van der Waals surface area contributed by atoms with Gasteiger partial charge in [0.15, 0.2) is 0 Å². The van der Waals surface area contributed by atoms with Crippen molar-refractivity contribution in [2.75, 3.05) is 18.5 Å². The number of nitrogens with zero attached hydrogens (tertiary/aromatic N) is 1. The van der Waals surface area contributed by atoms with Crippen molar-refractivity contribution in [3.63, 3.8) is 0 Å². The van der Waals surface area contributed by atoms with E-state index in [1.165, 1.54) is 0 Å². The molecule has 168 valence electrons. The van der Waals surface area contributed by atoms with Crippen molar-refractivity contribution in [1.82, 2.24) is 4.31 Å². The zero-order valence-corrected chi connectivity index (χ0v) is 19.2. The van der Waals surface area contributed by atoms with E-state index in [0.717, 1.165) is 27.9 Å². The fourth-order valence-electron chi connectivity index (χ4n) is 5.01. The molecule has 1 fully saturated rings. The maximum Gasteiger partial charge on any atom is 0.243 e. The van der Waals surface area contributed by atoms with Gasteiger partial charge in [0.2, 0.25) is 10.0 Å². The molecule has 0 radical (unpaired) electrons. The van der Waals surface area contributed by atoms with E-state index in [1.54, 1.807) is 16.4 Å². The van der Waals surface area contributed by atoms with E-state index >= 15 is 0 Å². The lowest BCUT2D eigenvalue weighted by Crippen LogP contribution is -2.43. The van der Waals surface area contributed by atoms with Crippen LogP contribution >= 0.6 is 0 Å². The second-order valence-electron chi connectivity index (χ2n) is 8.63. The summed E-state index contributed by atoms with van der Waals surface area (Å²) in [6.45, 7) is 2.20. The van der Waals surface area contributed by atoms with Crippen LogP contribution in [0.5, 0.6) is 0 Å². The highest BCUT2D eigenvalue weighted by molar-refractivity contribution is 7.89. The maximum absolute atomic E-state index is 13.7. The SMILES string of the molecule is Cc1ccccc1S(=O)(=O)N1CC[C@H]2[C@H](CO)Nc3ccc(C#Cc4ccccc4)cc3[C@H]21. The first-order chi connectivity index (χ1) is 16.0. The van der Waals surface area contributed by atoms with E-state index in [2.05, 4.69) is 17.2 Å². The molecule has 0 unspecified atom stereocenters. The van der Waals surface area contributed by atoms with Crippen LogP contribution in [0.4, 0.5) is 5.69 Å². The van der Waals surface area contributed by atoms with Crippen LogP contribution in [0.3, 0.4) is 0 Å². The summed E-state index contributed by atoms with van der Waals surface area (Å²) in [5, 5.41) is 13.4. The van der Waals surface area contributed by atoms with Crippen molar-refractivity contribution in [1.29, 1.82) is 0 Å². The summed E-state index contributed by atoms with van der Waals surface area (Å²) in [4.78, 5) is 0.339. The summed E-state index contributed by atoms with van der Waals surface area (Å²) in [5.74, 6) is 6.38. The van der Waals surface area contributed by atoms with Gasteiger partial charge in [-0.15, -0.1) is 0 Å². The zero-order chi connectivity index (χ0) is 23.0. The molecule has 6 heteroatoms. The lowest BCUT2D eigenvalue weighted by Gasteiger charge is -2.39. The largest absolute Gasteiger partial charge is 0.394 e. The van der Waals surface area contributed by atoms with Gasteiger partial charge in [-0.05, 0) is 60.9 Å². The Morgan fingerprint density at radius 3 is 2.48 bits per heavy atom. The molecule has 1 saturated heterocycles. The van der Waals surface area contributed by atoms with Gasteiger partial charge in [-0.3, -0.25) is 0 Å². The first-order valence-electron chi connectivity index (χ1n) is 11.1. The van der Waals surface area contributed by atoms with Crippen LogP contribution in [0.1, 0.15) is 34.7 Å². The minimum atomic E-state index is -3.69. The van der Waals surface area contributed by atoms with Crippen molar-refractivity contribution in [3.8, 4) is 11.8 Å². The average Bonchev–Trinajstić information content (AvgIpc) is 3.30. The van der Waals surface area contributed by atoms with Crippen LogP contribution in [0.25, 0.3) is 0 Å². The Kier molecular flexibility index (Phi) is 5.71. The number of aliphatic hydroxyl groups is 1. The molecule has 3 aromatic rings. The van der Waals surface area contributed by atoms with Crippen molar-refractivity contribution >= 4 is 15.7 Å². The number of rotatable bonds is 3. The molecular weight excluding hydrogens is 432 g/mol. The van der Waals surface area contributed by atoms with Crippen LogP contribution < -0.4 is 5.32 Å². The molecule has 0 saturated carbocycles. The van der Waals surface area contributed by atoms with Gasteiger partial charge in [-0.25, -0.2) is 8.42 Å². The molecule has 5 rings (SSSR count). The number of hydrogen-bond donors (Lipinski definition) is 2. The number of fused-ring (bicyclic) bond motifs is 3. The molecule has 0 bridgehead atoms. The summed E-state index contributed by atoms with van der Waals surface area (Å²) < 4.78 is 29.1. The van der Waals surface area contributed by atoms with E-state index in [4.69, 9.17) is 0 Å². The van der Waals surface area contributed by atoms with Crippen molar-refractivity contribution in [2.45, 2.75) is 30.3 Å². The standard InChI is InChI=1S/C27H26N2O3S/c1-19-7-5-6-10-26(19)33(31,32)29-16-15-22-25(18-30)28-24-14-13-21(17-23(24)27(22)29)12-11-20-8-3-2-4-9-20/h2-10,13-14,17,22,25,27-28,30H,15-16,18H2,1H3/t22-,25-,27-/m0/s1. The van der Waals surface area contributed by atoms with Crippen LogP contribution in [-0.2, 0) is 10.0 Å². The van der Waals surface area contributed by atoms with Gasteiger partial charge in [0.25, 0.3) is 0 Å². The Morgan fingerprint density at radius 2 is 1.73 bits per heavy atom. The third-order valence-electron chi connectivity index (χ3n) is 6.63. The van der Waals surface area contributed by atoms with Crippen LogP contribution in [-0.4, -0.2) is 37.0 Å². The monoisotopic (exact) mass is 458 g/mol. The van der Waals surface area contributed by atoms with Gasteiger partial charge in [-0.2, -0.15) is 4.31 Å². The number of sulfonamides is 1. The minimum absolute atomic E-state index is 0.0152. The molecular formula is C27H26N2O3S. The van der Waals surface area contributed by atoms with Crippen LogP contribution in [0.2, 0.25) is 0 Å². The average molecular weight is 459 g/mol. The van der Waals surface area contributed by atoms with E-state index in [-0.39, 0.29) is 24.6 Å². The van der Waals surface area contributed by atoms with E-state index in [1.807, 2.05) is 67.6 Å². The second-order valence-corrected chi connectivity index (χ2v) is 10.5. The molecule has 2 N–H and O–H groups in total. The Balaban J connectivity index is 1.58. The lowest BCUT2D eigenvalue weighted by molar-refractivity contribution is 0.210. The number of aliphatic hydroxyl groups excluding tert-OH is 1. The smallest absolute Gasteiger partial charge is 0.243 e. The van der Waals surface area contributed by atoms with Crippen LogP contribution in [0.15, 0.2) is 77.7 Å². The quantitative estimate of drug-likeness (QED) is 0.584. The summed E-state index contributed by atoms with van der Waals surface area (Å²) >= 11 is 0. The Hall–Kier alpha value is -3.11. The van der Waals surface area contributed by atoms with Gasteiger partial charge in [0.05, 0.1) is 23.6 Å². The Labute approximate surface area is 195 Å². The molecule has 0 aromatic heterocycles. The third-order valence-corrected chi connectivity index (χ3v) is 8.67. The van der Waals surface area contributed by atoms with Crippen molar-refractivity contribution in [3.05, 3.63) is 95.1 Å².